The molecule has 0 aliphatic rings. The summed E-state index contributed by atoms with van der Waals surface area (Å²) in [5.74, 6) is 0.176. The molecule has 0 fully saturated rings. The van der Waals surface area contributed by atoms with Crippen molar-refractivity contribution >= 4 is 56.9 Å². The van der Waals surface area contributed by atoms with Crippen LogP contribution in [-0.2, 0) is 13.0 Å². The van der Waals surface area contributed by atoms with Gasteiger partial charge in [-0.3, -0.25) is 4.79 Å². The zero-order valence-electron chi connectivity index (χ0n) is 13.2. The first kappa shape index (κ1) is 17.8. The summed E-state index contributed by atoms with van der Waals surface area (Å²) < 4.78 is 3.38. The molecule has 0 saturated heterocycles. The molecule has 1 heterocycles. The standard InChI is InChI=1S/C18H16BrN3OS2/c19-13-6-8-14(9-7-13)21-17(23)15-16(20)22(18(24)25-15)11-10-12-4-2-1-3-5-12/h1-9H,10-11,20H2,(H,21,23). The third-order valence-electron chi connectivity index (χ3n) is 3.71. The van der Waals surface area contributed by atoms with Gasteiger partial charge in [-0.1, -0.05) is 57.6 Å². The van der Waals surface area contributed by atoms with Crippen LogP contribution in [0, 0.1) is 3.95 Å². The van der Waals surface area contributed by atoms with Gasteiger partial charge in [0.15, 0.2) is 3.95 Å². The SMILES string of the molecule is Nc1c(C(=O)Nc2ccc(Br)cc2)sc(=S)n1CCc1ccccc1. The van der Waals surface area contributed by atoms with E-state index in [0.29, 0.717) is 26.9 Å². The number of thiazole rings is 1. The highest BCUT2D eigenvalue weighted by atomic mass is 79.9. The molecule has 3 N–H and O–H groups in total. The van der Waals surface area contributed by atoms with Crippen LogP contribution in [0.1, 0.15) is 15.2 Å². The molecule has 1 amide bonds. The average Bonchev–Trinajstić information content (AvgIpc) is 2.90. The smallest absolute Gasteiger partial charge is 0.269 e. The van der Waals surface area contributed by atoms with Gasteiger partial charge in [-0.15, -0.1) is 0 Å². The highest BCUT2D eigenvalue weighted by molar-refractivity contribution is 9.10. The zero-order valence-corrected chi connectivity index (χ0v) is 16.5. The topological polar surface area (TPSA) is 60.1 Å². The van der Waals surface area contributed by atoms with Crippen molar-refractivity contribution in [3.8, 4) is 0 Å². The molecule has 2 aromatic carbocycles. The lowest BCUT2D eigenvalue weighted by Gasteiger charge is -2.07. The Labute approximate surface area is 163 Å². The molecular weight excluding hydrogens is 418 g/mol. The van der Waals surface area contributed by atoms with Crippen LogP contribution in [0.15, 0.2) is 59.1 Å². The molecule has 0 saturated carbocycles. The summed E-state index contributed by atoms with van der Waals surface area (Å²) in [6.45, 7) is 0.650. The molecule has 0 aliphatic carbocycles. The predicted octanol–water partition coefficient (Wildman–Crippen LogP) is 5.12. The summed E-state index contributed by atoms with van der Waals surface area (Å²) in [6.07, 6.45) is 0.809. The minimum Gasteiger partial charge on any atom is -0.384 e. The van der Waals surface area contributed by atoms with E-state index in [1.807, 2.05) is 47.0 Å². The number of benzene rings is 2. The molecular formula is C18H16BrN3OS2. The van der Waals surface area contributed by atoms with Crippen molar-refractivity contribution in [2.45, 2.75) is 13.0 Å². The van der Waals surface area contributed by atoms with Crippen molar-refractivity contribution in [2.24, 2.45) is 0 Å². The molecule has 0 atom stereocenters. The van der Waals surface area contributed by atoms with E-state index in [1.165, 1.54) is 16.9 Å². The fourth-order valence-electron chi connectivity index (χ4n) is 2.40. The number of carbonyl (C=O) groups excluding carboxylic acids is 1. The summed E-state index contributed by atoms with van der Waals surface area (Å²) in [6, 6.07) is 17.5. The lowest BCUT2D eigenvalue weighted by molar-refractivity contribution is 0.103. The normalized spacial score (nSPS) is 10.6. The van der Waals surface area contributed by atoms with Gasteiger partial charge < -0.3 is 15.6 Å². The highest BCUT2D eigenvalue weighted by Crippen LogP contribution is 2.24. The van der Waals surface area contributed by atoms with Crippen LogP contribution in [0.4, 0.5) is 11.5 Å². The van der Waals surface area contributed by atoms with Gasteiger partial charge in [0.25, 0.3) is 5.91 Å². The third kappa shape index (κ3) is 4.36. The van der Waals surface area contributed by atoms with Crippen molar-refractivity contribution in [1.29, 1.82) is 0 Å². The van der Waals surface area contributed by atoms with Gasteiger partial charge in [-0.25, -0.2) is 0 Å². The number of nitrogens with two attached hydrogens (primary N) is 1. The molecule has 0 aliphatic heterocycles. The third-order valence-corrected chi connectivity index (χ3v) is 5.70. The first-order valence-electron chi connectivity index (χ1n) is 7.64. The molecule has 0 bridgehead atoms. The van der Waals surface area contributed by atoms with Crippen molar-refractivity contribution in [2.75, 3.05) is 11.1 Å². The minimum absolute atomic E-state index is 0.241. The van der Waals surface area contributed by atoms with Crippen molar-refractivity contribution in [3.05, 3.63) is 73.5 Å². The summed E-state index contributed by atoms with van der Waals surface area (Å²) >= 11 is 10.00. The number of halogens is 1. The number of aromatic nitrogens is 1. The molecule has 0 spiro atoms. The number of carbonyl (C=O) groups is 1. The molecule has 25 heavy (non-hydrogen) atoms. The van der Waals surface area contributed by atoms with Crippen LogP contribution in [0.5, 0.6) is 0 Å². The van der Waals surface area contributed by atoms with Crippen LogP contribution in [0.3, 0.4) is 0 Å². The Balaban J connectivity index is 1.75. The van der Waals surface area contributed by atoms with Gasteiger partial charge in [-0.2, -0.15) is 0 Å². The van der Waals surface area contributed by atoms with Crippen molar-refractivity contribution < 1.29 is 4.79 Å². The van der Waals surface area contributed by atoms with E-state index in [4.69, 9.17) is 18.0 Å². The van der Waals surface area contributed by atoms with Gasteiger partial charge >= 0.3 is 0 Å². The number of hydrogen-bond donors (Lipinski definition) is 2. The van der Waals surface area contributed by atoms with Gasteiger partial charge in [0.05, 0.1) is 0 Å². The predicted molar refractivity (Wildman–Crippen MR) is 110 cm³/mol. The summed E-state index contributed by atoms with van der Waals surface area (Å²) in [5.41, 5.74) is 8.10. The molecule has 128 valence electrons. The van der Waals surface area contributed by atoms with Gasteiger partial charge in [0.2, 0.25) is 0 Å². The van der Waals surface area contributed by atoms with Crippen LogP contribution in [0.25, 0.3) is 0 Å². The molecule has 0 radical (unpaired) electrons. The van der Waals surface area contributed by atoms with Crippen LogP contribution in [0.2, 0.25) is 0 Å². The maximum absolute atomic E-state index is 12.5. The maximum atomic E-state index is 12.5. The Morgan fingerprint density at radius 1 is 1.16 bits per heavy atom. The number of nitrogens with one attached hydrogen (secondary N) is 1. The lowest BCUT2D eigenvalue weighted by Crippen LogP contribution is -2.14. The molecule has 1 aromatic heterocycles. The van der Waals surface area contributed by atoms with E-state index in [9.17, 15) is 4.79 Å². The second kappa shape index (κ2) is 7.95. The second-order valence-electron chi connectivity index (χ2n) is 5.43. The lowest BCUT2D eigenvalue weighted by atomic mass is 10.1. The summed E-state index contributed by atoms with van der Waals surface area (Å²) in [7, 11) is 0. The van der Waals surface area contributed by atoms with E-state index >= 15 is 0 Å². The van der Waals surface area contributed by atoms with Gasteiger partial charge in [-0.05, 0) is 48.5 Å². The summed E-state index contributed by atoms with van der Waals surface area (Å²) in [4.78, 5) is 13.0. The van der Waals surface area contributed by atoms with E-state index < -0.39 is 0 Å². The monoisotopic (exact) mass is 433 g/mol. The second-order valence-corrected chi connectivity index (χ2v) is 7.99. The van der Waals surface area contributed by atoms with Crippen molar-refractivity contribution in [1.82, 2.24) is 4.57 Å². The van der Waals surface area contributed by atoms with Crippen LogP contribution in [-0.4, -0.2) is 10.5 Å². The highest BCUT2D eigenvalue weighted by Gasteiger charge is 2.17. The number of amides is 1. The largest absolute Gasteiger partial charge is 0.384 e. The maximum Gasteiger partial charge on any atom is 0.269 e. The summed E-state index contributed by atoms with van der Waals surface area (Å²) in [5, 5.41) is 2.85. The van der Waals surface area contributed by atoms with E-state index in [-0.39, 0.29) is 5.91 Å². The van der Waals surface area contributed by atoms with Crippen LogP contribution >= 0.6 is 39.5 Å². The average molecular weight is 434 g/mol. The number of nitrogens with zero attached hydrogens (tertiary/aromatic N) is 1. The molecule has 7 heteroatoms. The molecule has 3 rings (SSSR count). The van der Waals surface area contributed by atoms with Crippen molar-refractivity contribution in [3.63, 3.8) is 0 Å². The van der Waals surface area contributed by atoms with E-state index in [1.54, 1.807) is 0 Å². The number of aryl methyl sites for hydroxylation is 1. The van der Waals surface area contributed by atoms with Gasteiger partial charge in [0, 0.05) is 16.7 Å². The first-order valence-corrected chi connectivity index (χ1v) is 9.66. The molecule has 3 aromatic rings. The fraction of sp³-hybridized carbons (Fsp3) is 0.111. The number of anilines is 2. The van der Waals surface area contributed by atoms with Crippen LogP contribution < -0.4 is 11.1 Å². The Kier molecular flexibility index (Phi) is 5.67. The Morgan fingerprint density at radius 2 is 1.84 bits per heavy atom. The minimum atomic E-state index is -0.241. The molecule has 4 nitrogen and oxygen atoms in total. The Bertz CT molecular complexity index is 933. The zero-order chi connectivity index (χ0) is 17.8. The number of rotatable bonds is 5. The number of hydrogen-bond acceptors (Lipinski definition) is 4. The Morgan fingerprint density at radius 3 is 2.52 bits per heavy atom. The first-order chi connectivity index (χ1) is 12.0. The molecule has 0 unspecified atom stereocenters. The van der Waals surface area contributed by atoms with E-state index in [0.717, 1.165) is 10.9 Å². The fourth-order valence-corrected chi connectivity index (χ4v) is 3.93. The Hall–Kier alpha value is -1.96. The van der Waals surface area contributed by atoms with E-state index in [2.05, 4.69) is 33.4 Å². The quantitative estimate of drug-likeness (QED) is 0.548. The van der Waals surface area contributed by atoms with Gasteiger partial charge in [0.1, 0.15) is 10.7 Å². The number of nitrogen functional groups attached to an aromatic ring is 1.